The molecule has 2 heterocycles. The van der Waals surface area contributed by atoms with E-state index in [1.54, 1.807) is 7.11 Å². The number of hydrogen-bond donors (Lipinski definition) is 2. The van der Waals surface area contributed by atoms with Crippen molar-refractivity contribution >= 4 is 0 Å². The van der Waals surface area contributed by atoms with E-state index in [1.165, 1.54) is 0 Å². The molecule has 0 aromatic carbocycles. The van der Waals surface area contributed by atoms with Gasteiger partial charge in [0.1, 0.15) is 11.4 Å². The van der Waals surface area contributed by atoms with Crippen LogP contribution in [0.3, 0.4) is 0 Å². The molecule has 0 spiro atoms. The summed E-state index contributed by atoms with van der Waals surface area (Å²) in [6.45, 7) is 3.78. The van der Waals surface area contributed by atoms with E-state index < -0.39 is 5.60 Å². The number of aromatic nitrogens is 2. The second-order valence-corrected chi connectivity index (χ2v) is 6.15. The summed E-state index contributed by atoms with van der Waals surface area (Å²) < 4.78 is 5.81. The quantitative estimate of drug-likeness (QED) is 0.859. The minimum absolute atomic E-state index is 0.00718. The lowest BCUT2D eigenvalue weighted by atomic mass is 9.79. The Labute approximate surface area is 119 Å². The van der Waals surface area contributed by atoms with Crippen LogP contribution in [0, 0.1) is 5.92 Å². The van der Waals surface area contributed by atoms with E-state index >= 15 is 0 Å². The molecule has 1 saturated carbocycles. The van der Waals surface area contributed by atoms with E-state index in [1.807, 2.05) is 0 Å². The van der Waals surface area contributed by atoms with Gasteiger partial charge in [-0.1, -0.05) is 6.92 Å². The molecule has 0 bridgehead atoms. The highest BCUT2D eigenvalue weighted by molar-refractivity contribution is 5.22. The average Bonchev–Trinajstić information content (AvgIpc) is 2.48. The highest BCUT2D eigenvalue weighted by Gasteiger charge is 2.38. The zero-order chi connectivity index (χ0) is 14.2. The lowest BCUT2D eigenvalue weighted by Crippen LogP contribution is -2.39. The van der Waals surface area contributed by atoms with Gasteiger partial charge in [-0.25, -0.2) is 4.98 Å². The van der Waals surface area contributed by atoms with Crippen molar-refractivity contribution in [3.05, 3.63) is 27.4 Å². The highest BCUT2D eigenvalue weighted by Crippen LogP contribution is 2.40. The van der Waals surface area contributed by atoms with Gasteiger partial charge >= 0.3 is 0 Å². The van der Waals surface area contributed by atoms with Crippen LogP contribution >= 0.6 is 0 Å². The maximum absolute atomic E-state index is 12.3. The van der Waals surface area contributed by atoms with Crippen LogP contribution in [0.2, 0.25) is 0 Å². The number of nitrogens with zero attached hydrogens (tertiary/aromatic N) is 1. The van der Waals surface area contributed by atoms with Gasteiger partial charge in [0.05, 0.1) is 11.3 Å². The fourth-order valence-electron chi connectivity index (χ4n) is 3.34. The second-order valence-electron chi connectivity index (χ2n) is 6.15. The zero-order valence-corrected chi connectivity index (χ0v) is 12.3. The number of rotatable bonds is 2. The Morgan fingerprint density at radius 2 is 2.10 bits per heavy atom. The monoisotopic (exact) mass is 277 g/mol. The van der Waals surface area contributed by atoms with E-state index in [0.717, 1.165) is 61.6 Å². The van der Waals surface area contributed by atoms with Gasteiger partial charge in [0.2, 0.25) is 0 Å². The summed E-state index contributed by atoms with van der Waals surface area (Å²) in [7, 11) is 1.73. The lowest BCUT2D eigenvalue weighted by molar-refractivity contribution is -0.0601. The Hall–Kier alpha value is -1.20. The van der Waals surface area contributed by atoms with Gasteiger partial charge in [-0.05, 0) is 31.6 Å². The number of H-pyrrole nitrogens is 1. The van der Waals surface area contributed by atoms with Gasteiger partial charge in [-0.2, -0.15) is 0 Å². The Morgan fingerprint density at radius 1 is 1.35 bits per heavy atom. The molecule has 2 aliphatic rings. The van der Waals surface area contributed by atoms with E-state index in [9.17, 15) is 4.79 Å². The maximum atomic E-state index is 12.3. The summed E-state index contributed by atoms with van der Waals surface area (Å²) in [5.41, 5.74) is 1.33. The Kier molecular flexibility index (Phi) is 3.65. The molecule has 0 amide bonds. The van der Waals surface area contributed by atoms with Gasteiger partial charge in [-0.15, -0.1) is 0 Å². The molecular formula is C15H23N3O2. The first kappa shape index (κ1) is 13.8. The molecule has 1 aliphatic carbocycles. The topological polar surface area (TPSA) is 67.0 Å². The Balaban J connectivity index is 2.00. The van der Waals surface area contributed by atoms with Crippen molar-refractivity contribution in [2.45, 2.75) is 51.2 Å². The third-order valence-corrected chi connectivity index (χ3v) is 4.85. The fourth-order valence-corrected chi connectivity index (χ4v) is 3.34. The summed E-state index contributed by atoms with van der Waals surface area (Å²) in [4.78, 5) is 20.0. The lowest BCUT2D eigenvalue weighted by Gasteiger charge is -2.37. The Morgan fingerprint density at radius 3 is 2.80 bits per heavy atom. The van der Waals surface area contributed by atoms with Gasteiger partial charge in [0.25, 0.3) is 5.56 Å². The highest BCUT2D eigenvalue weighted by atomic mass is 16.5. The first-order valence-electron chi connectivity index (χ1n) is 7.53. The molecule has 110 valence electrons. The standard InChI is InChI=1S/C15H23N3O2/c1-10-3-6-15(20-2,7-4-10)14-17-12-5-8-16-9-11(12)13(19)18-14/h10,16H,3-9H2,1-2H3,(H,17,18,19). The molecule has 1 fully saturated rings. The van der Waals surface area contributed by atoms with Crippen LogP contribution in [0.15, 0.2) is 4.79 Å². The summed E-state index contributed by atoms with van der Waals surface area (Å²) in [5, 5.41) is 3.22. The first-order valence-corrected chi connectivity index (χ1v) is 7.53. The smallest absolute Gasteiger partial charge is 0.255 e. The van der Waals surface area contributed by atoms with Crippen LogP contribution < -0.4 is 10.9 Å². The van der Waals surface area contributed by atoms with Crippen LogP contribution in [0.4, 0.5) is 0 Å². The minimum Gasteiger partial charge on any atom is -0.370 e. The van der Waals surface area contributed by atoms with Crippen LogP contribution in [-0.2, 0) is 23.3 Å². The van der Waals surface area contributed by atoms with Crippen molar-refractivity contribution in [1.29, 1.82) is 0 Å². The van der Waals surface area contributed by atoms with E-state index in [0.29, 0.717) is 6.54 Å². The number of fused-ring (bicyclic) bond motifs is 1. The predicted octanol–water partition coefficient (Wildman–Crippen LogP) is 1.47. The number of methoxy groups -OCH3 is 1. The number of ether oxygens (including phenoxy) is 1. The third kappa shape index (κ3) is 2.29. The van der Waals surface area contributed by atoms with E-state index in [-0.39, 0.29) is 5.56 Å². The van der Waals surface area contributed by atoms with Crippen LogP contribution in [-0.4, -0.2) is 23.6 Å². The average molecular weight is 277 g/mol. The van der Waals surface area contributed by atoms with Crippen molar-refractivity contribution in [2.24, 2.45) is 5.92 Å². The van der Waals surface area contributed by atoms with E-state index in [4.69, 9.17) is 9.72 Å². The summed E-state index contributed by atoms with van der Waals surface area (Å²) >= 11 is 0. The van der Waals surface area contributed by atoms with Crippen LogP contribution in [0.25, 0.3) is 0 Å². The minimum atomic E-state index is -0.397. The number of hydrogen-bond acceptors (Lipinski definition) is 4. The van der Waals surface area contributed by atoms with Crippen molar-refractivity contribution in [3.8, 4) is 0 Å². The van der Waals surface area contributed by atoms with Gasteiger partial charge in [0, 0.05) is 26.6 Å². The largest absolute Gasteiger partial charge is 0.370 e. The molecule has 2 N–H and O–H groups in total. The molecule has 3 rings (SSSR count). The van der Waals surface area contributed by atoms with Crippen molar-refractivity contribution < 1.29 is 4.74 Å². The molecular weight excluding hydrogens is 254 g/mol. The predicted molar refractivity (Wildman–Crippen MR) is 76.6 cm³/mol. The normalized spacial score (nSPS) is 30.0. The van der Waals surface area contributed by atoms with Crippen molar-refractivity contribution in [1.82, 2.24) is 15.3 Å². The van der Waals surface area contributed by atoms with Crippen LogP contribution in [0.1, 0.15) is 49.7 Å². The van der Waals surface area contributed by atoms with Gasteiger partial charge in [-0.3, -0.25) is 4.79 Å². The first-order chi connectivity index (χ1) is 9.64. The second kappa shape index (κ2) is 5.30. The van der Waals surface area contributed by atoms with E-state index in [2.05, 4.69) is 17.2 Å². The van der Waals surface area contributed by atoms with Crippen LogP contribution in [0.5, 0.6) is 0 Å². The Bertz CT molecular complexity index is 545. The molecule has 5 heteroatoms. The molecule has 0 radical (unpaired) electrons. The summed E-state index contributed by atoms with van der Waals surface area (Å²) in [6.07, 6.45) is 4.93. The SMILES string of the molecule is COC1(c2nc3c(c(=O)[nH]2)CNCC3)CCC(C)CC1. The molecule has 0 atom stereocenters. The zero-order valence-electron chi connectivity index (χ0n) is 12.3. The number of nitrogens with one attached hydrogen (secondary N) is 2. The maximum Gasteiger partial charge on any atom is 0.255 e. The molecule has 0 saturated heterocycles. The third-order valence-electron chi connectivity index (χ3n) is 4.85. The van der Waals surface area contributed by atoms with Crippen molar-refractivity contribution in [3.63, 3.8) is 0 Å². The van der Waals surface area contributed by atoms with Gasteiger partial charge in [0.15, 0.2) is 0 Å². The summed E-state index contributed by atoms with van der Waals surface area (Å²) in [5.74, 6) is 1.46. The molecule has 5 nitrogen and oxygen atoms in total. The molecule has 1 aromatic heterocycles. The number of aromatic amines is 1. The van der Waals surface area contributed by atoms with Crippen molar-refractivity contribution in [2.75, 3.05) is 13.7 Å². The molecule has 1 aliphatic heterocycles. The summed E-state index contributed by atoms with van der Waals surface area (Å²) in [6, 6.07) is 0. The van der Waals surface area contributed by atoms with Gasteiger partial charge < -0.3 is 15.0 Å². The molecule has 20 heavy (non-hydrogen) atoms. The fraction of sp³-hybridized carbons (Fsp3) is 0.733. The molecule has 0 unspecified atom stereocenters. The molecule has 1 aromatic rings.